The first-order valence-electron chi connectivity index (χ1n) is 17.6. The summed E-state index contributed by atoms with van der Waals surface area (Å²) in [6.07, 6.45) is -2.73. The van der Waals surface area contributed by atoms with Gasteiger partial charge in [-0.05, 0) is 60.7 Å². The number of carboxylic acids is 1. The van der Waals surface area contributed by atoms with E-state index in [1.54, 1.807) is 18.2 Å². The molecular formula is C40H29Cl2F3N4O9. The molecule has 4 N–H and O–H groups in total. The smallest absolute Gasteiger partial charge is 0.417 e. The number of aromatic carboxylic acids is 1. The van der Waals surface area contributed by atoms with E-state index in [-0.39, 0.29) is 30.0 Å². The van der Waals surface area contributed by atoms with Crippen LogP contribution in [0.15, 0.2) is 84.6 Å². The Kier molecular flexibility index (Phi) is 9.19. The minimum atomic E-state index is -4.79. The molecule has 4 aliphatic rings. The maximum atomic E-state index is 15.4. The molecule has 0 unspecified atom stereocenters. The zero-order valence-electron chi connectivity index (χ0n) is 29.8. The van der Waals surface area contributed by atoms with Crippen LogP contribution in [-0.2, 0) is 30.8 Å². The lowest BCUT2D eigenvalue weighted by atomic mass is 9.49. The molecule has 0 radical (unpaired) electrons. The fourth-order valence-electron chi connectivity index (χ4n) is 9.16. The number of aromatic hydroxyl groups is 2. The third kappa shape index (κ3) is 5.75. The molecule has 8 rings (SSSR count). The van der Waals surface area contributed by atoms with Gasteiger partial charge in [0.25, 0.3) is 11.8 Å². The number of carbonyl (C=O) groups is 5. The van der Waals surface area contributed by atoms with Crippen molar-refractivity contribution in [1.82, 2.24) is 9.99 Å². The SMILES string of the molecule is COc1cc(O)ccc1[C@H]1C2=CC[C@@H]3C(=O)N(c4ccc(C(=O)O)c(O)c4)C(=O)[C@@H]3[C@@H]2C[C@H]2C(=O)N(Nc3ncc(C(F)(F)F)cc3Cl)C(=O)[C@@]12c1ccc(Cl)cc1. The Bertz CT molecular complexity index is 2500. The van der Waals surface area contributed by atoms with Gasteiger partial charge >= 0.3 is 12.1 Å². The zero-order chi connectivity index (χ0) is 41.6. The molecule has 298 valence electrons. The van der Waals surface area contributed by atoms with Gasteiger partial charge in [-0.25, -0.2) is 14.7 Å². The Hall–Kier alpha value is -6.13. The molecule has 2 aliphatic carbocycles. The number of aromatic nitrogens is 1. The third-order valence-electron chi connectivity index (χ3n) is 11.6. The lowest BCUT2D eigenvalue weighted by Gasteiger charge is -2.50. The van der Waals surface area contributed by atoms with Gasteiger partial charge in [-0.15, -0.1) is 0 Å². The molecule has 0 bridgehead atoms. The van der Waals surface area contributed by atoms with Crippen molar-refractivity contribution in [2.75, 3.05) is 17.4 Å². The van der Waals surface area contributed by atoms with Crippen molar-refractivity contribution < 1.29 is 57.2 Å². The number of hydrazine groups is 1. The van der Waals surface area contributed by atoms with Crippen LogP contribution >= 0.6 is 23.2 Å². The summed E-state index contributed by atoms with van der Waals surface area (Å²) in [5.74, 6) is -11.0. The summed E-state index contributed by atoms with van der Waals surface area (Å²) in [5, 5.41) is 30.8. The molecule has 58 heavy (non-hydrogen) atoms. The highest BCUT2D eigenvalue weighted by molar-refractivity contribution is 6.33. The van der Waals surface area contributed by atoms with Crippen LogP contribution in [0.4, 0.5) is 24.7 Å². The standard InChI is InChI=1S/C40H29Cl2F3N4O9/c1-58-30-14-21(50)7-9-24(30)32-22-10-11-25-31(36(54)48(34(25)52)20-6-8-23(37(55)56)29(51)13-20)26(22)15-27-35(53)49(38(57)39(27,32)17-2-4-19(41)5-3-17)47-33-28(42)12-18(16-46-33)40(43,44)45/h2-10,12-14,16,25-27,31-32,50-51H,11,15H2,1H3,(H,46,47)(H,55,56)/t25-,26+,27-,31-,32+,39+/m0/s1. The van der Waals surface area contributed by atoms with E-state index < -0.39 is 98.5 Å². The first-order valence-corrected chi connectivity index (χ1v) is 18.4. The number of imide groups is 2. The number of amides is 4. The number of nitrogens with one attached hydrogen (secondary N) is 1. The fraction of sp³-hybridized carbons (Fsp3) is 0.250. The number of allylic oxidation sites excluding steroid dienone is 2. The highest BCUT2D eigenvalue weighted by Crippen LogP contribution is 2.65. The van der Waals surface area contributed by atoms with Gasteiger partial charge in [0.05, 0.1) is 46.6 Å². The molecule has 6 atom stereocenters. The predicted octanol–water partition coefficient (Wildman–Crippen LogP) is 6.71. The van der Waals surface area contributed by atoms with Crippen LogP contribution in [0.3, 0.4) is 0 Å². The first kappa shape index (κ1) is 38.7. The summed E-state index contributed by atoms with van der Waals surface area (Å²) in [6.45, 7) is 0. The van der Waals surface area contributed by atoms with Crippen molar-refractivity contribution in [2.45, 2.75) is 30.4 Å². The molecule has 18 heteroatoms. The van der Waals surface area contributed by atoms with Crippen LogP contribution in [0.1, 0.15) is 45.8 Å². The predicted molar refractivity (Wildman–Crippen MR) is 199 cm³/mol. The number of nitrogens with zero attached hydrogens (tertiary/aromatic N) is 3. The van der Waals surface area contributed by atoms with E-state index in [0.29, 0.717) is 39.0 Å². The van der Waals surface area contributed by atoms with Crippen LogP contribution < -0.4 is 15.1 Å². The van der Waals surface area contributed by atoms with E-state index in [9.17, 15) is 47.7 Å². The Morgan fingerprint density at radius 1 is 0.948 bits per heavy atom. The van der Waals surface area contributed by atoms with Gasteiger partial charge in [0.2, 0.25) is 11.8 Å². The Morgan fingerprint density at radius 2 is 1.67 bits per heavy atom. The maximum Gasteiger partial charge on any atom is 0.417 e. The topological polar surface area (TPSA) is 187 Å². The molecule has 2 aliphatic heterocycles. The zero-order valence-corrected chi connectivity index (χ0v) is 31.3. The highest BCUT2D eigenvalue weighted by atomic mass is 35.5. The van der Waals surface area contributed by atoms with E-state index in [2.05, 4.69) is 10.4 Å². The summed E-state index contributed by atoms with van der Waals surface area (Å²) >= 11 is 12.6. The Balaban J connectivity index is 1.31. The molecule has 3 heterocycles. The summed E-state index contributed by atoms with van der Waals surface area (Å²) < 4.78 is 46.2. The number of hydrogen-bond acceptors (Lipinski definition) is 10. The highest BCUT2D eigenvalue weighted by Gasteiger charge is 2.71. The quantitative estimate of drug-likeness (QED) is 0.114. The molecule has 4 aromatic rings. The van der Waals surface area contributed by atoms with Gasteiger partial charge in [-0.1, -0.05) is 53.1 Å². The number of phenols is 2. The molecule has 13 nitrogen and oxygen atoms in total. The number of benzene rings is 3. The summed E-state index contributed by atoms with van der Waals surface area (Å²) in [4.78, 5) is 75.1. The Labute approximate surface area is 336 Å². The van der Waals surface area contributed by atoms with E-state index in [4.69, 9.17) is 27.9 Å². The first-order chi connectivity index (χ1) is 27.5. The van der Waals surface area contributed by atoms with Crippen LogP contribution in [0, 0.1) is 23.7 Å². The molecule has 4 amide bonds. The monoisotopic (exact) mass is 836 g/mol. The van der Waals surface area contributed by atoms with Crippen molar-refractivity contribution in [2.24, 2.45) is 23.7 Å². The van der Waals surface area contributed by atoms with E-state index in [1.165, 1.54) is 43.5 Å². The van der Waals surface area contributed by atoms with Crippen molar-refractivity contribution in [3.8, 4) is 17.2 Å². The van der Waals surface area contributed by atoms with Gasteiger partial charge in [-0.2, -0.15) is 18.2 Å². The summed E-state index contributed by atoms with van der Waals surface area (Å²) in [6, 6.07) is 14.3. The molecule has 2 saturated heterocycles. The molecule has 3 aromatic carbocycles. The third-order valence-corrected chi connectivity index (χ3v) is 12.1. The molecule has 0 spiro atoms. The Morgan fingerprint density at radius 3 is 2.31 bits per heavy atom. The van der Waals surface area contributed by atoms with Crippen LogP contribution in [-0.4, -0.2) is 62.0 Å². The second-order valence-electron chi connectivity index (χ2n) is 14.4. The van der Waals surface area contributed by atoms with E-state index >= 15 is 4.79 Å². The lowest BCUT2D eigenvalue weighted by Crippen LogP contribution is -2.53. The normalized spacial score (nSPS) is 25.3. The molecule has 1 saturated carbocycles. The van der Waals surface area contributed by atoms with Crippen LogP contribution in [0.2, 0.25) is 10.0 Å². The van der Waals surface area contributed by atoms with Crippen molar-refractivity contribution in [1.29, 1.82) is 0 Å². The fourth-order valence-corrected chi connectivity index (χ4v) is 9.49. The maximum absolute atomic E-state index is 15.4. The van der Waals surface area contributed by atoms with Gasteiger partial charge in [0, 0.05) is 34.8 Å². The van der Waals surface area contributed by atoms with E-state index in [1.807, 2.05) is 0 Å². The van der Waals surface area contributed by atoms with Gasteiger partial charge in [-0.3, -0.25) is 24.6 Å². The number of hydrogen-bond donors (Lipinski definition) is 4. The van der Waals surface area contributed by atoms with Crippen LogP contribution in [0.25, 0.3) is 0 Å². The number of fused-ring (bicyclic) bond motifs is 4. The van der Waals surface area contributed by atoms with Crippen molar-refractivity contribution >= 4 is 64.3 Å². The lowest BCUT2D eigenvalue weighted by molar-refractivity contribution is -0.139. The number of pyridine rings is 1. The minimum Gasteiger partial charge on any atom is -0.508 e. The summed E-state index contributed by atoms with van der Waals surface area (Å²) in [5.41, 5.74) is 0.139. The number of alkyl halides is 3. The number of carboxylic acid groups (broad SMARTS) is 1. The van der Waals surface area contributed by atoms with Crippen molar-refractivity contribution in [3.05, 3.63) is 117 Å². The minimum absolute atomic E-state index is 0.00418. The average molecular weight is 838 g/mol. The average Bonchev–Trinajstić information content (AvgIpc) is 3.55. The number of phenolic OH excluding ortho intramolecular Hbond substituents is 1. The molecule has 1 aromatic heterocycles. The number of ether oxygens (including phenoxy) is 1. The number of halogens is 5. The van der Waals surface area contributed by atoms with Crippen molar-refractivity contribution in [3.63, 3.8) is 0 Å². The summed E-state index contributed by atoms with van der Waals surface area (Å²) in [7, 11) is 1.34. The van der Waals surface area contributed by atoms with Crippen LogP contribution in [0.5, 0.6) is 17.2 Å². The molecule has 3 fully saturated rings. The van der Waals surface area contributed by atoms with Gasteiger partial charge < -0.3 is 20.1 Å². The largest absolute Gasteiger partial charge is 0.508 e. The number of methoxy groups -OCH3 is 1. The van der Waals surface area contributed by atoms with Gasteiger partial charge in [0.15, 0.2) is 5.82 Å². The molecular weight excluding hydrogens is 808 g/mol. The number of rotatable bonds is 7. The number of carbonyl (C=O) groups excluding carboxylic acids is 4. The number of anilines is 2. The second-order valence-corrected chi connectivity index (χ2v) is 15.2. The van der Waals surface area contributed by atoms with E-state index in [0.717, 1.165) is 17.0 Å². The van der Waals surface area contributed by atoms with Gasteiger partial charge in [0.1, 0.15) is 22.8 Å². The second kappa shape index (κ2) is 13.8.